The molecule has 1 unspecified atom stereocenters. The van der Waals surface area contributed by atoms with Crippen molar-refractivity contribution in [3.05, 3.63) is 18.0 Å². The summed E-state index contributed by atoms with van der Waals surface area (Å²) in [5.41, 5.74) is 1.52. The van der Waals surface area contributed by atoms with Gasteiger partial charge in [-0.25, -0.2) is 0 Å². The van der Waals surface area contributed by atoms with Crippen LogP contribution in [0.1, 0.15) is 46.1 Å². The van der Waals surface area contributed by atoms with Crippen molar-refractivity contribution in [1.82, 2.24) is 9.78 Å². The van der Waals surface area contributed by atoms with Crippen LogP contribution in [0.25, 0.3) is 0 Å². The summed E-state index contributed by atoms with van der Waals surface area (Å²) < 4.78 is 1.97. The summed E-state index contributed by atoms with van der Waals surface area (Å²) in [6.45, 7) is 9.63. The van der Waals surface area contributed by atoms with Crippen molar-refractivity contribution in [3.63, 3.8) is 0 Å². The third kappa shape index (κ3) is 4.17. The highest BCUT2D eigenvalue weighted by molar-refractivity contribution is 6.21. The maximum Gasteiger partial charge on any atom is 0.0521 e. The summed E-state index contributed by atoms with van der Waals surface area (Å²) in [5, 5.41) is 4.52. The lowest BCUT2D eigenvalue weighted by Gasteiger charge is -2.24. The van der Waals surface area contributed by atoms with E-state index in [1.54, 1.807) is 0 Å². The quantitative estimate of drug-likeness (QED) is 0.717. The lowest BCUT2D eigenvalue weighted by atomic mass is 9.88. The average molecular weight is 243 g/mol. The van der Waals surface area contributed by atoms with Crippen LogP contribution in [0.15, 0.2) is 12.4 Å². The molecule has 1 rings (SSSR count). The third-order valence-corrected chi connectivity index (χ3v) is 3.75. The van der Waals surface area contributed by atoms with Gasteiger partial charge in [-0.1, -0.05) is 20.8 Å². The van der Waals surface area contributed by atoms with Gasteiger partial charge in [0.05, 0.1) is 6.20 Å². The number of nitrogens with zero attached hydrogens (tertiary/aromatic N) is 2. The summed E-state index contributed by atoms with van der Waals surface area (Å²) in [5.74, 6) is 0. The Labute approximate surface area is 104 Å². The van der Waals surface area contributed by atoms with E-state index in [1.165, 1.54) is 5.56 Å². The molecule has 0 aromatic carbocycles. The summed E-state index contributed by atoms with van der Waals surface area (Å²) in [6.07, 6.45) is 7.38. The van der Waals surface area contributed by atoms with Crippen LogP contribution >= 0.6 is 11.6 Å². The van der Waals surface area contributed by atoms with Gasteiger partial charge in [0.2, 0.25) is 0 Å². The van der Waals surface area contributed by atoms with Crippen LogP contribution in [0, 0.1) is 5.41 Å². The zero-order valence-electron chi connectivity index (χ0n) is 10.8. The van der Waals surface area contributed by atoms with Crippen molar-refractivity contribution < 1.29 is 0 Å². The summed E-state index contributed by atoms with van der Waals surface area (Å²) in [4.78, 5) is 0. The van der Waals surface area contributed by atoms with Gasteiger partial charge >= 0.3 is 0 Å². The third-order valence-electron chi connectivity index (χ3n) is 2.87. The molecule has 0 spiro atoms. The molecule has 0 radical (unpaired) electrons. The molecule has 0 bridgehead atoms. The predicted octanol–water partition coefficient (Wildman–Crippen LogP) is 3.88. The van der Waals surface area contributed by atoms with E-state index in [4.69, 9.17) is 11.6 Å². The first kappa shape index (κ1) is 13.6. The second kappa shape index (κ2) is 5.72. The van der Waals surface area contributed by atoms with Crippen molar-refractivity contribution in [1.29, 1.82) is 0 Å². The van der Waals surface area contributed by atoms with Gasteiger partial charge in [-0.3, -0.25) is 4.68 Å². The van der Waals surface area contributed by atoms with Gasteiger partial charge in [-0.15, -0.1) is 11.6 Å². The van der Waals surface area contributed by atoms with Crippen molar-refractivity contribution >= 4 is 11.6 Å². The molecule has 0 amide bonds. The van der Waals surface area contributed by atoms with Gasteiger partial charge in [-0.2, -0.15) is 5.10 Å². The molecule has 1 aromatic heterocycles. The highest BCUT2D eigenvalue weighted by Gasteiger charge is 2.21. The van der Waals surface area contributed by atoms with Crippen molar-refractivity contribution in [3.8, 4) is 0 Å². The van der Waals surface area contributed by atoms with Crippen LogP contribution in [0.2, 0.25) is 0 Å². The smallest absolute Gasteiger partial charge is 0.0521 e. The lowest BCUT2D eigenvalue weighted by molar-refractivity contribution is 0.369. The normalized spacial score (nSPS) is 14.1. The van der Waals surface area contributed by atoms with Crippen molar-refractivity contribution in [2.45, 2.75) is 58.9 Å². The van der Waals surface area contributed by atoms with Crippen LogP contribution in [0.4, 0.5) is 0 Å². The Morgan fingerprint density at radius 1 is 1.44 bits per heavy atom. The van der Waals surface area contributed by atoms with E-state index in [-0.39, 0.29) is 10.8 Å². The molecular weight excluding hydrogens is 220 g/mol. The fraction of sp³-hybridized carbons (Fsp3) is 0.769. The molecule has 0 N–H and O–H groups in total. The van der Waals surface area contributed by atoms with Gasteiger partial charge in [0, 0.05) is 18.1 Å². The van der Waals surface area contributed by atoms with Gasteiger partial charge in [0.25, 0.3) is 0 Å². The van der Waals surface area contributed by atoms with Crippen LogP contribution in [-0.2, 0) is 13.0 Å². The highest BCUT2D eigenvalue weighted by atomic mass is 35.5. The van der Waals surface area contributed by atoms with E-state index in [0.717, 1.165) is 25.8 Å². The first-order valence-corrected chi connectivity index (χ1v) is 6.52. The number of alkyl halides is 1. The number of aryl methyl sites for hydroxylation is 2. The second-order valence-corrected chi connectivity index (χ2v) is 5.96. The fourth-order valence-electron chi connectivity index (χ4n) is 1.63. The molecule has 1 atom stereocenters. The maximum atomic E-state index is 6.33. The Morgan fingerprint density at radius 3 is 2.62 bits per heavy atom. The molecular formula is C13H23ClN2. The van der Waals surface area contributed by atoms with E-state index in [0.29, 0.717) is 0 Å². The van der Waals surface area contributed by atoms with Crippen LogP contribution < -0.4 is 0 Å². The van der Waals surface area contributed by atoms with E-state index >= 15 is 0 Å². The standard InChI is InChI=1S/C13H23ClN2/c1-5-16-10-11(9-15-16)7-6-8-12(14)13(2,3)4/h9-10,12H,5-8H2,1-4H3. The molecule has 0 saturated carbocycles. The molecule has 0 aliphatic carbocycles. The Kier molecular flexibility index (Phi) is 4.85. The largest absolute Gasteiger partial charge is 0.273 e. The molecule has 0 aliphatic rings. The van der Waals surface area contributed by atoms with E-state index in [1.807, 2.05) is 10.9 Å². The molecule has 0 fully saturated rings. The number of hydrogen-bond donors (Lipinski definition) is 0. The number of rotatable bonds is 5. The molecule has 16 heavy (non-hydrogen) atoms. The zero-order valence-corrected chi connectivity index (χ0v) is 11.6. The summed E-state index contributed by atoms with van der Waals surface area (Å²) in [7, 11) is 0. The molecule has 0 aliphatic heterocycles. The number of hydrogen-bond acceptors (Lipinski definition) is 1. The van der Waals surface area contributed by atoms with E-state index in [2.05, 4.69) is 39.0 Å². The minimum absolute atomic E-state index is 0.204. The van der Waals surface area contributed by atoms with Crippen LogP contribution in [0.5, 0.6) is 0 Å². The first-order chi connectivity index (χ1) is 7.43. The average Bonchev–Trinajstić information content (AvgIpc) is 2.64. The van der Waals surface area contributed by atoms with Crippen molar-refractivity contribution in [2.75, 3.05) is 0 Å². The van der Waals surface area contributed by atoms with E-state index in [9.17, 15) is 0 Å². The Bertz CT molecular complexity index is 312. The number of aromatic nitrogens is 2. The minimum Gasteiger partial charge on any atom is -0.273 e. The lowest BCUT2D eigenvalue weighted by Crippen LogP contribution is -2.20. The predicted molar refractivity (Wildman–Crippen MR) is 69.9 cm³/mol. The Hall–Kier alpha value is -0.500. The maximum absolute atomic E-state index is 6.33. The van der Waals surface area contributed by atoms with Gasteiger partial charge in [0.15, 0.2) is 0 Å². The molecule has 92 valence electrons. The van der Waals surface area contributed by atoms with Gasteiger partial charge in [0.1, 0.15) is 0 Å². The van der Waals surface area contributed by atoms with Crippen LogP contribution in [0.3, 0.4) is 0 Å². The second-order valence-electron chi connectivity index (χ2n) is 5.43. The van der Waals surface area contributed by atoms with Gasteiger partial charge in [-0.05, 0) is 37.2 Å². The molecule has 3 heteroatoms. The van der Waals surface area contributed by atoms with E-state index < -0.39 is 0 Å². The van der Waals surface area contributed by atoms with Crippen LogP contribution in [-0.4, -0.2) is 15.2 Å². The molecule has 1 aromatic rings. The Morgan fingerprint density at radius 2 is 2.12 bits per heavy atom. The first-order valence-electron chi connectivity index (χ1n) is 6.09. The molecule has 0 saturated heterocycles. The molecule has 1 heterocycles. The highest BCUT2D eigenvalue weighted by Crippen LogP contribution is 2.28. The monoisotopic (exact) mass is 242 g/mol. The minimum atomic E-state index is 0.204. The molecule has 2 nitrogen and oxygen atoms in total. The zero-order chi connectivity index (χ0) is 12.2. The Balaban J connectivity index is 2.30. The summed E-state index contributed by atoms with van der Waals surface area (Å²) in [6, 6.07) is 0. The summed E-state index contributed by atoms with van der Waals surface area (Å²) >= 11 is 6.33. The van der Waals surface area contributed by atoms with Gasteiger partial charge < -0.3 is 0 Å². The number of halogens is 1. The van der Waals surface area contributed by atoms with Crippen molar-refractivity contribution in [2.24, 2.45) is 5.41 Å². The SMILES string of the molecule is CCn1cc(CCCC(Cl)C(C)(C)C)cn1. The topological polar surface area (TPSA) is 17.8 Å². The fourth-order valence-corrected chi connectivity index (χ4v) is 1.78.